The van der Waals surface area contributed by atoms with E-state index in [1.807, 2.05) is 6.07 Å². The summed E-state index contributed by atoms with van der Waals surface area (Å²) in [6.07, 6.45) is 3.09. The normalized spacial score (nSPS) is 15.4. The van der Waals surface area contributed by atoms with E-state index in [0.717, 1.165) is 34.6 Å². The minimum Gasteiger partial charge on any atom is -0.345 e. The molecule has 8 heteroatoms. The third-order valence-corrected chi connectivity index (χ3v) is 8.77. The Balaban J connectivity index is 1.37. The van der Waals surface area contributed by atoms with Crippen molar-refractivity contribution in [2.75, 3.05) is 31.1 Å². The van der Waals surface area contributed by atoms with Gasteiger partial charge in [0.2, 0.25) is 10.0 Å². The molecule has 0 N–H and O–H groups in total. The van der Waals surface area contributed by atoms with Crippen molar-refractivity contribution in [2.45, 2.75) is 31.1 Å². The van der Waals surface area contributed by atoms with E-state index in [2.05, 4.69) is 57.4 Å². The number of aromatic nitrogens is 1. The summed E-state index contributed by atoms with van der Waals surface area (Å²) in [6, 6.07) is 15.7. The molecule has 164 valence electrons. The van der Waals surface area contributed by atoms with E-state index < -0.39 is 10.0 Å². The maximum Gasteiger partial charge on any atom is 0.243 e. The second kappa shape index (κ2) is 9.81. The molecular formula is C23H26BrN3O2S2. The molecule has 0 amide bonds. The summed E-state index contributed by atoms with van der Waals surface area (Å²) < 4.78 is 28.2. The topological polar surface area (TPSA) is 53.5 Å². The summed E-state index contributed by atoms with van der Waals surface area (Å²) in [6.45, 7) is 4.41. The highest BCUT2D eigenvalue weighted by Gasteiger charge is 2.29. The number of anilines is 1. The largest absolute Gasteiger partial charge is 0.345 e. The van der Waals surface area contributed by atoms with Gasteiger partial charge in [-0.05, 0) is 35.7 Å². The second-order valence-corrected chi connectivity index (χ2v) is 11.4. The van der Waals surface area contributed by atoms with Crippen molar-refractivity contribution in [3.63, 3.8) is 0 Å². The number of benzene rings is 2. The lowest BCUT2D eigenvalue weighted by Gasteiger charge is -2.33. The van der Waals surface area contributed by atoms with E-state index in [-0.39, 0.29) is 0 Å². The average molecular weight is 521 g/mol. The molecule has 1 aliphatic rings. The fraction of sp³-hybridized carbons (Fsp3) is 0.348. The molecule has 0 aliphatic carbocycles. The molecule has 0 bridgehead atoms. The van der Waals surface area contributed by atoms with Gasteiger partial charge in [0.05, 0.1) is 10.6 Å². The minimum atomic E-state index is -3.47. The molecule has 0 atom stereocenters. The number of thiazole rings is 1. The van der Waals surface area contributed by atoms with E-state index in [0.29, 0.717) is 31.1 Å². The Morgan fingerprint density at radius 1 is 1.03 bits per heavy atom. The van der Waals surface area contributed by atoms with Crippen molar-refractivity contribution >= 4 is 42.4 Å². The van der Waals surface area contributed by atoms with Crippen LogP contribution in [0.4, 0.5) is 5.13 Å². The summed E-state index contributed by atoms with van der Waals surface area (Å²) in [5, 5.41) is 3.08. The van der Waals surface area contributed by atoms with Crippen LogP contribution in [0.25, 0.3) is 0 Å². The maximum atomic E-state index is 12.9. The zero-order valence-electron chi connectivity index (χ0n) is 17.5. The Bertz CT molecular complexity index is 1120. The van der Waals surface area contributed by atoms with E-state index in [1.165, 1.54) is 11.1 Å². The van der Waals surface area contributed by atoms with Gasteiger partial charge in [-0.15, -0.1) is 11.3 Å². The molecule has 4 rings (SSSR count). The number of halogens is 1. The van der Waals surface area contributed by atoms with Crippen LogP contribution < -0.4 is 4.90 Å². The number of piperazine rings is 1. The fourth-order valence-corrected chi connectivity index (χ4v) is 6.64. The first-order chi connectivity index (χ1) is 15.0. The van der Waals surface area contributed by atoms with Gasteiger partial charge in [0.25, 0.3) is 0 Å². The summed E-state index contributed by atoms with van der Waals surface area (Å²) in [5.74, 6) is 0. The summed E-state index contributed by atoms with van der Waals surface area (Å²) >= 11 is 4.99. The highest BCUT2D eigenvalue weighted by atomic mass is 79.9. The van der Waals surface area contributed by atoms with Gasteiger partial charge in [0.15, 0.2) is 5.13 Å². The Kier molecular flexibility index (Phi) is 7.11. The monoisotopic (exact) mass is 519 g/mol. The summed E-state index contributed by atoms with van der Waals surface area (Å²) in [4.78, 5) is 7.33. The third-order valence-electron chi connectivity index (χ3n) is 5.43. The van der Waals surface area contributed by atoms with Crippen molar-refractivity contribution in [3.05, 3.63) is 75.2 Å². The van der Waals surface area contributed by atoms with Gasteiger partial charge in [-0.1, -0.05) is 59.6 Å². The first-order valence-electron chi connectivity index (χ1n) is 10.5. The Morgan fingerprint density at radius 2 is 1.74 bits per heavy atom. The molecule has 0 spiro atoms. The Morgan fingerprint density at radius 3 is 2.42 bits per heavy atom. The molecule has 2 heterocycles. The number of hydrogen-bond donors (Lipinski definition) is 0. The number of rotatable bonds is 7. The van der Waals surface area contributed by atoms with Crippen molar-refractivity contribution in [3.8, 4) is 0 Å². The second-order valence-electron chi connectivity index (χ2n) is 7.71. The zero-order valence-corrected chi connectivity index (χ0v) is 20.7. The van der Waals surface area contributed by atoms with Crippen molar-refractivity contribution in [2.24, 2.45) is 0 Å². The minimum absolute atomic E-state index is 0.330. The fourth-order valence-electron chi connectivity index (χ4n) is 3.74. The maximum absolute atomic E-state index is 12.9. The number of hydrogen-bond acceptors (Lipinski definition) is 5. The molecule has 0 unspecified atom stereocenters. The number of sulfonamides is 1. The standard InChI is InChI=1S/C23H26BrN3O2S2/c1-2-4-18-7-9-19(10-8-18)15-21-17-30-23(25-21)26-11-13-27(14-12-26)31(28,29)22-6-3-5-20(24)16-22/h3,5-10,16-17H,2,4,11-15H2,1H3. The first-order valence-corrected chi connectivity index (χ1v) is 13.6. The van der Waals surface area contributed by atoms with Crippen LogP contribution in [-0.4, -0.2) is 43.9 Å². The average Bonchev–Trinajstić information content (AvgIpc) is 3.24. The highest BCUT2D eigenvalue weighted by Crippen LogP contribution is 2.26. The molecule has 0 radical (unpaired) electrons. The van der Waals surface area contributed by atoms with E-state index in [9.17, 15) is 8.42 Å². The van der Waals surface area contributed by atoms with Crippen LogP contribution in [0.15, 0.2) is 63.3 Å². The number of aryl methyl sites for hydroxylation is 1. The van der Waals surface area contributed by atoms with Crippen LogP contribution in [0.2, 0.25) is 0 Å². The highest BCUT2D eigenvalue weighted by molar-refractivity contribution is 9.10. The molecule has 1 fully saturated rings. The van der Waals surface area contributed by atoms with Gasteiger partial charge in [-0.2, -0.15) is 4.31 Å². The van der Waals surface area contributed by atoms with Gasteiger partial charge < -0.3 is 4.90 Å². The molecule has 31 heavy (non-hydrogen) atoms. The Hall–Kier alpha value is -1.74. The molecule has 1 aromatic heterocycles. The van der Waals surface area contributed by atoms with Crippen molar-refractivity contribution in [1.29, 1.82) is 0 Å². The van der Waals surface area contributed by atoms with Gasteiger partial charge in [0, 0.05) is 42.5 Å². The van der Waals surface area contributed by atoms with Gasteiger partial charge in [-0.3, -0.25) is 0 Å². The van der Waals surface area contributed by atoms with Crippen LogP contribution in [0.3, 0.4) is 0 Å². The molecule has 0 saturated carbocycles. The quantitative estimate of drug-likeness (QED) is 0.442. The van der Waals surface area contributed by atoms with Gasteiger partial charge >= 0.3 is 0 Å². The lowest BCUT2D eigenvalue weighted by atomic mass is 10.1. The molecule has 1 aliphatic heterocycles. The lowest BCUT2D eigenvalue weighted by Crippen LogP contribution is -2.48. The predicted octanol–water partition coefficient (Wildman–Crippen LogP) is 4.96. The van der Waals surface area contributed by atoms with Crippen LogP contribution in [-0.2, 0) is 22.9 Å². The van der Waals surface area contributed by atoms with E-state index in [1.54, 1.807) is 33.8 Å². The van der Waals surface area contributed by atoms with Crippen molar-refractivity contribution in [1.82, 2.24) is 9.29 Å². The Labute approximate surface area is 196 Å². The summed E-state index contributed by atoms with van der Waals surface area (Å²) in [5.41, 5.74) is 3.70. The molecule has 3 aromatic rings. The van der Waals surface area contributed by atoms with Crippen LogP contribution >= 0.6 is 27.3 Å². The predicted molar refractivity (Wildman–Crippen MR) is 130 cm³/mol. The summed E-state index contributed by atoms with van der Waals surface area (Å²) in [7, 11) is -3.47. The zero-order chi connectivity index (χ0) is 21.8. The van der Waals surface area contributed by atoms with E-state index >= 15 is 0 Å². The molecule has 1 saturated heterocycles. The SMILES string of the molecule is CCCc1ccc(Cc2csc(N3CCN(S(=O)(=O)c4cccc(Br)c4)CC3)n2)cc1. The van der Waals surface area contributed by atoms with Crippen molar-refractivity contribution < 1.29 is 8.42 Å². The van der Waals surface area contributed by atoms with Gasteiger partial charge in [-0.25, -0.2) is 13.4 Å². The van der Waals surface area contributed by atoms with E-state index in [4.69, 9.17) is 4.98 Å². The van der Waals surface area contributed by atoms with Crippen LogP contribution in [0, 0.1) is 0 Å². The molecule has 2 aromatic carbocycles. The third kappa shape index (κ3) is 5.37. The van der Waals surface area contributed by atoms with Crippen LogP contribution in [0.1, 0.15) is 30.2 Å². The van der Waals surface area contributed by atoms with Crippen LogP contribution in [0.5, 0.6) is 0 Å². The first kappa shape index (κ1) is 22.5. The lowest BCUT2D eigenvalue weighted by molar-refractivity contribution is 0.384. The van der Waals surface area contributed by atoms with Gasteiger partial charge in [0.1, 0.15) is 0 Å². The molecule has 5 nitrogen and oxygen atoms in total. The smallest absolute Gasteiger partial charge is 0.243 e. The number of nitrogens with zero attached hydrogens (tertiary/aromatic N) is 3. The molecular weight excluding hydrogens is 494 g/mol.